The molecule has 0 bridgehead atoms. The Hall–Kier alpha value is -1.73. The number of benzene rings is 2. The number of thiazole rings is 1. The Kier molecular flexibility index (Phi) is 7.24. The number of aromatic nitrogens is 1. The molecule has 0 aliphatic carbocycles. The van der Waals surface area contributed by atoms with Crippen LogP contribution in [0.4, 0.5) is 10.8 Å². The first-order valence-electron chi connectivity index (χ1n) is 8.40. The summed E-state index contributed by atoms with van der Waals surface area (Å²) in [6.07, 6.45) is 0. The fraction of sp³-hybridized carbons (Fsp3) is 0.200. The topological polar surface area (TPSA) is 42.4 Å². The van der Waals surface area contributed by atoms with Gasteiger partial charge in [0.2, 0.25) is 5.91 Å². The third-order valence-corrected chi connectivity index (χ3v) is 6.51. The number of ether oxygens (including phenoxy) is 1. The number of para-hydroxylation sites is 2. The van der Waals surface area contributed by atoms with Gasteiger partial charge in [-0.25, -0.2) is 4.98 Å². The average molecular weight is 453 g/mol. The largest absolute Gasteiger partial charge is 0.495 e. The molecule has 0 N–H and O–H groups in total. The van der Waals surface area contributed by atoms with Crippen molar-refractivity contribution in [1.29, 1.82) is 0 Å². The van der Waals surface area contributed by atoms with Crippen molar-refractivity contribution in [2.75, 3.05) is 12.0 Å². The molecule has 0 unspecified atom stereocenters. The van der Waals surface area contributed by atoms with Crippen molar-refractivity contribution in [3.63, 3.8) is 0 Å². The minimum Gasteiger partial charge on any atom is -0.495 e. The van der Waals surface area contributed by atoms with Gasteiger partial charge in [-0.05, 0) is 29.8 Å². The summed E-state index contributed by atoms with van der Waals surface area (Å²) >= 11 is 15.5. The van der Waals surface area contributed by atoms with E-state index in [9.17, 15) is 4.79 Å². The maximum absolute atomic E-state index is 12.3. The minimum atomic E-state index is -0.124. The van der Waals surface area contributed by atoms with Gasteiger partial charge in [0.1, 0.15) is 5.75 Å². The Labute approximate surface area is 182 Å². The molecule has 0 saturated carbocycles. The molecular formula is C20H18Cl2N2O2S2. The Morgan fingerprint density at radius 2 is 1.86 bits per heavy atom. The number of nitrogens with zero attached hydrogens (tertiary/aromatic N) is 2. The molecular weight excluding hydrogens is 435 g/mol. The highest BCUT2D eigenvalue weighted by Crippen LogP contribution is 2.36. The third kappa shape index (κ3) is 4.81. The normalized spacial score (nSPS) is 10.7. The summed E-state index contributed by atoms with van der Waals surface area (Å²) in [4.78, 5) is 18.5. The van der Waals surface area contributed by atoms with E-state index in [1.807, 2.05) is 47.8 Å². The first-order valence-corrected chi connectivity index (χ1v) is 11.2. The van der Waals surface area contributed by atoms with Gasteiger partial charge in [-0.3, -0.25) is 9.69 Å². The van der Waals surface area contributed by atoms with Crippen LogP contribution >= 0.6 is 46.3 Å². The van der Waals surface area contributed by atoms with Gasteiger partial charge in [-0.1, -0.05) is 41.4 Å². The van der Waals surface area contributed by atoms with Crippen LogP contribution in [0.5, 0.6) is 5.75 Å². The second-order valence-electron chi connectivity index (χ2n) is 5.84. The van der Waals surface area contributed by atoms with Crippen LogP contribution in [-0.4, -0.2) is 18.0 Å². The van der Waals surface area contributed by atoms with E-state index >= 15 is 0 Å². The van der Waals surface area contributed by atoms with Crippen LogP contribution in [0.25, 0.3) is 0 Å². The molecule has 0 aliphatic heterocycles. The van der Waals surface area contributed by atoms with Gasteiger partial charge in [-0.2, -0.15) is 11.8 Å². The molecule has 4 nitrogen and oxygen atoms in total. The number of anilines is 2. The number of carbonyl (C=O) groups excluding carboxylic acids is 1. The monoisotopic (exact) mass is 452 g/mol. The molecule has 0 atom stereocenters. The smallest absolute Gasteiger partial charge is 0.230 e. The molecule has 0 radical (unpaired) electrons. The van der Waals surface area contributed by atoms with Gasteiger partial charge in [0.25, 0.3) is 0 Å². The molecule has 0 fully saturated rings. The van der Waals surface area contributed by atoms with Crippen molar-refractivity contribution in [3.05, 3.63) is 69.1 Å². The number of rotatable bonds is 7. The summed E-state index contributed by atoms with van der Waals surface area (Å²) in [5.74, 6) is 1.88. The zero-order valence-electron chi connectivity index (χ0n) is 15.3. The second-order valence-corrected chi connectivity index (χ2v) is 8.48. The molecule has 3 rings (SSSR count). The molecule has 8 heteroatoms. The molecule has 146 valence electrons. The lowest BCUT2D eigenvalue weighted by Crippen LogP contribution is -2.23. The molecule has 0 aliphatic rings. The summed E-state index contributed by atoms with van der Waals surface area (Å²) in [6, 6.07) is 12.9. The summed E-state index contributed by atoms with van der Waals surface area (Å²) in [5.41, 5.74) is 2.49. The Morgan fingerprint density at radius 1 is 1.14 bits per heavy atom. The summed E-state index contributed by atoms with van der Waals surface area (Å²) < 4.78 is 5.39. The molecule has 3 aromatic rings. The SMILES string of the molecule is COc1ccccc1N(C(C)=O)c1nc(CSCc2c(Cl)cccc2Cl)cs1. The molecule has 1 heterocycles. The second kappa shape index (κ2) is 9.65. The number of hydrogen-bond donors (Lipinski definition) is 0. The maximum atomic E-state index is 12.3. The zero-order valence-corrected chi connectivity index (χ0v) is 18.5. The average Bonchev–Trinajstić information content (AvgIpc) is 3.13. The van der Waals surface area contributed by atoms with Gasteiger partial charge in [0, 0.05) is 33.9 Å². The van der Waals surface area contributed by atoms with E-state index in [0.29, 0.717) is 38.1 Å². The maximum Gasteiger partial charge on any atom is 0.230 e. The van der Waals surface area contributed by atoms with Crippen molar-refractivity contribution in [1.82, 2.24) is 4.98 Å². The number of halogens is 2. The van der Waals surface area contributed by atoms with Crippen LogP contribution in [-0.2, 0) is 16.3 Å². The summed E-state index contributed by atoms with van der Waals surface area (Å²) in [5, 5.41) is 3.90. The highest BCUT2D eigenvalue weighted by Gasteiger charge is 2.21. The molecule has 0 saturated heterocycles. The van der Waals surface area contributed by atoms with Gasteiger partial charge >= 0.3 is 0 Å². The third-order valence-electron chi connectivity index (χ3n) is 3.93. The molecule has 2 aromatic carbocycles. The lowest BCUT2D eigenvalue weighted by atomic mass is 10.2. The molecule has 1 aromatic heterocycles. The van der Waals surface area contributed by atoms with Crippen LogP contribution in [0.2, 0.25) is 10.0 Å². The van der Waals surface area contributed by atoms with E-state index in [1.54, 1.807) is 23.8 Å². The number of thioether (sulfide) groups is 1. The predicted molar refractivity (Wildman–Crippen MR) is 119 cm³/mol. The van der Waals surface area contributed by atoms with Crippen molar-refractivity contribution < 1.29 is 9.53 Å². The number of methoxy groups -OCH3 is 1. The first kappa shape index (κ1) is 21.0. The van der Waals surface area contributed by atoms with Crippen LogP contribution in [0.15, 0.2) is 47.8 Å². The van der Waals surface area contributed by atoms with Gasteiger partial charge < -0.3 is 4.74 Å². The Morgan fingerprint density at radius 3 is 2.54 bits per heavy atom. The highest BCUT2D eigenvalue weighted by atomic mass is 35.5. The molecule has 28 heavy (non-hydrogen) atoms. The molecule has 1 amide bonds. The number of hydrogen-bond acceptors (Lipinski definition) is 5. The Bertz CT molecular complexity index is 958. The lowest BCUT2D eigenvalue weighted by Gasteiger charge is -2.20. The number of carbonyl (C=O) groups is 1. The fourth-order valence-corrected chi connectivity index (χ4v) is 5.26. The lowest BCUT2D eigenvalue weighted by molar-refractivity contribution is -0.115. The van der Waals surface area contributed by atoms with E-state index in [-0.39, 0.29) is 5.91 Å². The van der Waals surface area contributed by atoms with E-state index in [0.717, 1.165) is 11.3 Å². The standard InChI is InChI=1S/C20H18Cl2N2O2S2/c1-13(25)24(18-8-3-4-9-19(18)26-2)20-23-14(11-28-20)10-27-12-15-16(21)6-5-7-17(15)22/h3-9,11H,10,12H2,1-2H3. The fourth-order valence-electron chi connectivity index (χ4n) is 2.62. The van der Waals surface area contributed by atoms with Gasteiger partial charge in [-0.15, -0.1) is 11.3 Å². The van der Waals surface area contributed by atoms with Crippen LogP contribution in [0.1, 0.15) is 18.2 Å². The molecule has 0 spiro atoms. The highest BCUT2D eigenvalue weighted by molar-refractivity contribution is 7.97. The van der Waals surface area contributed by atoms with Crippen molar-refractivity contribution >= 4 is 63.0 Å². The van der Waals surface area contributed by atoms with E-state index in [4.69, 9.17) is 27.9 Å². The summed E-state index contributed by atoms with van der Waals surface area (Å²) in [6.45, 7) is 1.52. The predicted octanol–water partition coefficient (Wildman–Crippen LogP) is 6.58. The van der Waals surface area contributed by atoms with E-state index in [2.05, 4.69) is 4.98 Å². The van der Waals surface area contributed by atoms with E-state index in [1.165, 1.54) is 18.3 Å². The van der Waals surface area contributed by atoms with E-state index < -0.39 is 0 Å². The minimum absolute atomic E-state index is 0.124. The van der Waals surface area contributed by atoms with Crippen LogP contribution < -0.4 is 9.64 Å². The Balaban J connectivity index is 1.74. The number of amides is 1. The quantitative estimate of drug-likeness (QED) is 0.406. The van der Waals surface area contributed by atoms with Gasteiger partial charge in [0.05, 0.1) is 18.5 Å². The van der Waals surface area contributed by atoms with Crippen LogP contribution in [0.3, 0.4) is 0 Å². The zero-order chi connectivity index (χ0) is 20.1. The van der Waals surface area contributed by atoms with Crippen molar-refractivity contribution in [2.45, 2.75) is 18.4 Å². The van der Waals surface area contributed by atoms with Crippen molar-refractivity contribution in [3.8, 4) is 5.75 Å². The van der Waals surface area contributed by atoms with Gasteiger partial charge in [0.15, 0.2) is 5.13 Å². The summed E-state index contributed by atoms with van der Waals surface area (Å²) in [7, 11) is 1.58. The first-order chi connectivity index (χ1) is 13.5. The van der Waals surface area contributed by atoms with Crippen molar-refractivity contribution in [2.24, 2.45) is 0 Å². The van der Waals surface area contributed by atoms with Crippen LogP contribution in [0, 0.1) is 0 Å².